The zero-order valence-corrected chi connectivity index (χ0v) is 17.7. The number of aromatic nitrogens is 2. The number of carbonyl (C=O) groups excluding carboxylic acids is 1. The lowest BCUT2D eigenvalue weighted by molar-refractivity contribution is -0.120. The van der Waals surface area contributed by atoms with Crippen molar-refractivity contribution in [3.8, 4) is 17.3 Å². The first-order valence-electron chi connectivity index (χ1n) is 10.0. The molecule has 7 nitrogen and oxygen atoms in total. The molecule has 0 saturated heterocycles. The lowest BCUT2D eigenvalue weighted by Gasteiger charge is -2.27. The minimum absolute atomic E-state index is 0.129. The van der Waals surface area contributed by atoms with Gasteiger partial charge in [0.05, 0.1) is 30.4 Å². The number of rotatable bonds is 4. The van der Waals surface area contributed by atoms with E-state index in [2.05, 4.69) is 6.07 Å². The van der Waals surface area contributed by atoms with Crippen LogP contribution in [0.2, 0.25) is 0 Å². The van der Waals surface area contributed by atoms with Crippen LogP contribution in [0.1, 0.15) is 22.4 Å². The summed E-state index contributed by atoms with van der Waals surface area (Å²) in [5.74, 6) is -1.28. The van der Waals surface area contributed by atoms with Crippen molar-refractivity contribution in [1.82, 2.24) is 19.7 Å². The summed E-state index contributed by atoms with van der Waals surface area (Å²) in [7, 11) is 3.21. The third-order valence-electron chi connectivity index (χ3n) is 5.27. The lowest BCUT2D eigenvalue weighted by Crippen LogP contribution is -2.37. The van der Waals surface area contributed by atoms with Crippen molar-refractivity contribution < 1.29 is 18.4 Å². The SMILES string of the molecule is CN(C)C(=O)ON1CCc2c(c(-c3cccc(C#N)c3)nn2Cc2ccc(F)cc2F)C1. The zero-order chi connectivity index (χ0) is 22.8. The first-order valence-corrected chi connectivity index (χ1v) is 10.0. The van der Waals surface area contributed by atoms with Gasteiger partial charge in [-0.1, -0.05) is 18.2 Å². The number of hydroxylamine groups is 2. The second-order valence-corrected chi connectivity index (χ2v) is 7.72. The summed E-state index contributed by atoms with van der Waals surface area (Å²) in [6.45, 7) is 0.874. The van der Waals surface area contributed by atoms with Crippen LogP contribution in [0.15, 0.2) is 42.5 Å². The van der Waals surface area contributed by atoms with Crippen LogP contribution in [0.5, 0.6) is 0 Å². The fourth-order valence-corrected chi connectivity index (χ4v) is 3.65. The molecule has 9 heteroatoms. The summed E-state index contributed by atoms with van der Waals surface area (Å²) < 4.78 is 29.3. The zero-order valence-electron chi connectivity index (χ0n) is 17.7. The monoisotopic (exact) mass is 437 g/mol. The van der Waals surface area contributed by atoms with Crippen molar-refractivity contribution in [3.63, 3.8) is 0 Å². The van der Waals surface area contributed by atoms with Gasteiger partial charge >= 0.3 is 6.09 Å². The highest BCUT2D eigenvalue weighted by Crippen LogP contribution is 2.31. The van der Waals surface area contributed by atoms with E-state index in [1.165, 1.54) is 17.0 Å². The Balaban J connectivity index is 1.74. The molecule has 2 heterocycles. The van der Waals surface area contributed by atoms with Gasteiger partial charge in [-0.3, -0.25) is 4.68 Å². The van der Waals surface area contributed by atoms with Gasteiger partial charge in [0.1, 0.15) is 11.6 Å². The minimum Gasteiger partial charge on any atom is -0.351 e. The topological polar surface area (TPSA) is 74.4 Å². The normalized spacial score (nSPS) is 13.3. The van der Waals surface area contributed by atoms with Gasteiger partial charge in [-0.25, -0.2) is 13.6 Å². The molecule has 32 heavy (non-hydrogen) atoms. The van der Waals surface area contributed by atoms with Crippen molar-refractivity contribution >= 4 is 6.09 Å². The second kappa shape index (κ2) is 8.77. The average Bonchev–Trinajstić information content (AvgIpc) is 3.13. The molecule has 0 radical (unpaired) electrons. The minimum atomic E-state index is -0.639. The van der Waals surface area contributed by atoms with Crippen molar-refractivity contribution in [3.05, 3.63) is 76.5 Å². The Morgan fingerprint density at radius 3 is 2.78 bits per heavy atom. The highest BCUT2D eigenvalue weighted by molar-refractivity contribution is 5.67. The number of carbonyl (C=O) groups is 1. The van der Waals surface area contributed by atoms with Crippen LogP contribution >= 0.6 is 0 Å². The maximum Gasteiger partial charge on any atom is 0.428 e. The van der Waals surface area contributed by atoms with Gasteiger partial charge in [-0.15, -0.1) is 5.06 Å². The standard InChI is InChI=1S/C23H21F2N5O2/c1-28(2)23(31)32-29-9-8-21-19(14-29)22(16-5-3-4-15(10-16)12-26)27-30(21)13-17-6-7-18(24)11-20(17)25/h3-7,10-11H,8-9,13-14H2,1-2H3. The molecule has 0 unspecified atom stereocenters. The van der Waals surface area contributed by atoms with Crippen LogP contribution < -0.4 is 0 Å². The van der Waals surface area contributed by atoms with Crippen LogP contribution in [-0.4, -0.2) is 46.5 Å². The predicted octanol–water partition coefficient (Wildman–Crippen LogP) is 3.72. The molecule has 0 spiro atoms. The molecule has 1 aliphatic heterocycles. The second-order valence-electron chi connectivity index (χ2n) is 7.72. The van der Waals surface area contributed by atoms with Gasteiger partial charge in [0.25, 0.3) is 0 Å². The molecule has 2 aromatic carbocycles. The van der Waals surface area contributed by atoms with Gasteiger partial charge in [0.15, 0.2) is 0 Å². The summed E-state index contributed by atoms with van der Waals surface area (Å²) >= 11 is 0. The molecule has 1 aromatic heterocycles. The number of halogens is 2. The van der Waals surface area contributed by atoms with E-state index in [9.17, 15) is 18.8 Å². The van der Waals surface area contributed by atoms with Crippen LogP contribution in [-0.2, 0) is 24.3 Å². The van der Waals surface area contributed by atoms with E-state index in [0.717, 1.165) is 22.9 Å². The largest absolute Gasteiger partial charge is 0.428 e. The molecular weight excluding hydrogens is 416 g/mol. The van der Waals surface area contributed by atoms with Crippen LogP contribution in [0.25, 0.3) is 11.3 Å². The number of amides is 1. The Labute approximate surface area is 184 Å². The first kappa shape index (κ1) is 21.5. The summed E-state index contributed by atoms with van der Waals surface area (Å²) in [5, 5.41) is 15.6. The van der Waals surface area contributed by atoms with Gasteiger partial charge in [-0.2, -0.15) is 10.4 Å². The molecule has 4 rings (SSSR count). The third-order valence-corrected chi connectivity index (χ3v) is 5.27. The quantitative estimate of drug-likeness (QED) is 0.622. The molecule has 164 valence electrons. The molecule has 1 amide bonds. The fraction of sp³-hybridized carbons (Fsp3) is 0.261. The van der Waals surface area contributed by atoms with Gasteiger partial charge < -0.3 is 9.74 Å². The van der Waals surface area contributed by atoms with E-state index in [1.807, 2.05) is 6.07 Å². The fourth-order valence-electron chi connectivity index (χ4n) is 3.65. The van der Waals surface area contributed by atoms with Crippen LogP contribution in [0, 0.1) is 23.0 Å². The highest BCUT2D eigenvalue weighted by Gasteiger charge is 2.28. The third kappa shape index (κ3) is 4.31. The Morgan fingerprint density at radius 2 is 2.06 bits per heavy atom. The van der Waals surface area contributed by atoms with E-state index in [4.69, 9.17) is 9.94 Å². The van der Waals surface area contributed by atoms with Crippen LogP contribution in [0.3, 0.4) is 0 Å². The Hall–Kier alpha value is -3.77. The Kier molecular flexibility index (Phi) is 5.88. The van der Waals surface area contributed by atoms with E-state index in [1.54, 1.807) is 42.0 Å². The number of benzene rings is 2. The summed E-state index contributed by atoms with van der Waals surface area (Å²) in [6.07, 6.45) is 0.0336. The Morgan fingerprint density at radius 1 is 1.25 bits per heavy atom. The van der Waals surface area contributed by atoms with Gasteiger partial charge in [0, 0.05) is 55.5 Å². The molecule has 3 aromatic rings. The molecule has 0 fully saturated rings. The predicted molar refractivity (Wildman–Crippen MR) is 112 cm³/mol. The van der Waals surface area contributed by atoms with E-state index >= 15 is 0 Å². The molecule has 0 atom stereocenters. The van der Waals surface area contributed by atoms with Crippen molar-refractivity contribution in [1.29, 1.82) is 5.26 Å². The summed E-state index contributed by atoms with van der Waals surface area (Å²) in [4.78, 5) is 18.8. The lowest BCUT2D eigenvalue weighted by atomic mass is 10.0. The molecule has 0 aliphatic carbocycles. The number of hydrogen-bond donors (Lipinski definition) is 0. The molecular formula is C23H21F2N5O2. The molecule has 0 saturated carbocycles. The average molecular weight is 437 g/mol. The molecule has 0 bridgehead atoms. The number of nitriles is 1. The summed E-state index contributed by atoms with van der Waals surface area (Å²) in [5.41, 5.74) is 3.88. The maximum absolute atomic E-state index is 14.3. The van der Waals surface area contributed by atoms with Gasteiger partial charge in [-0.05, 0) is 18.2 Å². The number of nitrogens with zero attached hydrogens (tertiary/aromatic N) is 5. The maximum atomic E-state index is 14.3. The van der Waals surface area contributed by atoms with E-state index < -0.39 is 17.7 Å². The summed E-state index contributed by atoms with van der Waals surface area (Å²) in [6, 6.07) is 12.6. The van der Waals surface area contributed by atoms with Crippen molar-refractivity contribution in [2.45, 2.75) is 19.5 Å². The first-order chi connectivity index (χ1) is 15.4. The number of fused-ring (bicyclic) bond motifs is 1. The van der Waals surface area contributed by atoms with Crippen LogP contribution in [0.4, 0.5) is 13.6 Å². The Bertz CT molecular complexity index is 1220. The van der Waals surface area contributed by atoms with Crippen molar-refractivity contribution in [2.75, 3.05) is 20.6 Å². The molecule has 0 N–H and O–H groups in total. The smallest absolute Gasteiger partial charge is 0.351 e. The van der Waals surface area contributed by atoms with E-state index in [-0.39, 0.29) is 6.54 Å². The highest BCUT2D eigenvalue weighted by atomic mass is 19.1. The van der Waals surface area contributed by atoms with Crippen molar-refractivity contribution in [2.24, 2.45) is 0 Å². The number of hydrogen-bond acceptors (Lipinski definition) is 5. The van der Waals surface area contributed by atoms with Gasteiger partial charge in [0.2, 0.25) is 0 Å². The molecule has 1 aliphatic rings. The van der Waals surface area contributed by atoms with E-state index in [0.29, 0.717) is 36.3 Å².